The summed E-state index contributed by atoms with van der Waals surface area (Å²) >= 11 is 0. The van der Waals surface area contributed by atoms with E-state index in [2.05, 4.69) is 13.0 Å². The molecule has 0 spiro atoms. The van der Waals surface area contributed by atoms with Gasteiger partial charge in [-0.25, -0.2) is 0 Å². The van der Waals surface area contributed by atoms with E-state index >= 15 is 0 Å². The Hall–Kier alpha value is -1.08. The smallest absolute Gasteiger partial charge is 0.248 e. The number of aliphatic hydroxyl groups excluding tert-OH is 1. The Morgan fingerprint density at radius 3 is 2.60 bits per heavy atom. The lowest BCUT2D eigenvalue weighted by Gasteiger charge is -2.39. The molecule has 1 aliphatic heterocycles. The van der Waals surface area contributed by atoms with Crippen molar-refractivity contribution in [1.29, 1.82) is 5.26 Å². The van der Waals surface area contributed by atoms with E-state index in [1.54, 1.807) is 4.90 Å². The fourth-order valence-electron chi connectivity index (χ4n) is 2.00. The quantitative estimate of drug-likeness (QED) is 0.753. The molecule has 0 saturated carbocycles. The zero-order valence-corrected chi connectivity index (χ0v) is 9.20. The van der Waals surface area contributed by atoms with Gasteiger partial charge < -0.3 is 10.0 Å². The van der Waals surface area contributed by atoms with Crippen LogP contribution in [-0.2, 0) is 4.79 Å². The van der Waals surface area contributed by atoms with Gasteiger partial charge in [-0.1, -0.05) is 6.92 Å². The van der Waals surface area contributed by atoms with Gasteiger partial charge in [0.15, 0.2) is 0 Å². The van der Waals surface area contributed by atoms with Crippen LogP contribution in [0, 0.1) is 16.7 Å². The number of carbonyl (C=O) groups is 1. The number of nitrogens with zero attached hydrogens (tertiary/aromatic N) is 2. The highest BCUT2D eigenvalue weighted by Gasteiger charge is 2.30. The molecule has 1 amide bonds. The minimum Gasteiger partial charge on any atom is -0.387 e. The summed E-state index contributed by atoms with van der Waals surface area (Å²) < 4.78 is 0. The summed E-state index contributed by atoms with van der Waals surface area (Å²) in [5.74, 6) is -0.183. The number of amides is 1. The van der Waals surface area contributed by atoms with Crippen LogP contribution in [0.5, 0.6) is 0 Å². The maximum Gasteiger partial charge on any atom is 0.248 e. The first-order valence-electron chi connectivity index (χ1n) is 5.37. The molecule has 15 heavy (non-hydrogen) atoms. The van der Waals surface area contributed by atoms with E-state index in [1.165, 1.54) is 0 Å². The average Bonchev–Trinajstić information content (AvgIpc) is 2.26. The molecule has 1 rings (SSSR count). The fourth-order valence-corrected chi connectivity index (χ4v) is 2.00. The van der Waals surface area contributed by atoms with E-state index in [1.807, 2.05) is 0 Å². The second-order valence-electron chi connectivity index (χ2n) is 4.51. The topological polar surface area (TPSA) is 64.3 Å². The summed E-state index contributed by atoms with van der Waals surface area (Å²) in [6.45, 7) is 3.20. The number of hydrogen-bond acceptors (Lipinski definition) is 3. The molecule has 1 saturated heterocycles. The molecule has 0 aliphatic carbocycles. The molecular formula is C11H18N2O2. The van der Waals surface area contributed by atoms with Crippen molar-refractivity contribution in [3.8, 4) is 6.07 Å². The van der Waals surface area contributed by atoms with Gasteiger partial charge in [0.1, 0.15) is 6.61 Å². The molecule has 1 N–H and O–H groups in total. The summed E-state index contributed by atoms with van der Waals surface area (Å²) in [6, 6.07) is 2.16. The first kappa shape index (κ1) is 12.0. The van der Waals surface area contributed by atoms with Crippen molar-refractivity contribution >= 4 is 5.91 Å². The largest absolute Gasteiger partial charge is 0.387 e. The molecule has 0 aromatic heterocycles. The molecule has 0 atom stereocenters. The zero-order chi connectivity index (χ0) is 11.3. The predicted octanol–water partition coefficient (Wildman–Crippen LogP) is 0.911. The molecule has 1 heterocycles. The van der Waals surface area contributed by atoms with Crippen LogP contribution in [0.25, 0.3) is 0 Å². The highest BCUT2D eigenvalue weighted by atomic mass is 16.3. The monoisotopic (exact) mass is 210 g/mol. The minimum absolute atomic E-state index is 0.183. The van der Waals surface area contributed by atoms with Crippen LogP contribution in [-0.4, -0.2) is 35.6 Å². The van der Waals surface area contributed by atoms with Gasteiger partial charge in [0, 0.05) is 19.5 Å². The molecule has 4 nitrogen and oxygen atoms in total. The van der Waals surface area contributed by atoms with Crippen molar-refractivity contribution in [2.24, 2.45) is 5.41 Å². The highest BCUT2D eigenvalue weighted by molar-refractivity contribution is 5.77. The SMILES string of the molecule is CC1(CCC#N)CCN(C(=O)CO)CC1. The van der Waals surface area contributed by atoms with Crippen LogP contribution in [0.2, 0.25) is 0 Å². The summed E-state index contributed by atoms with van der Waals surface area (Å²) in [7, 11) is 0. The Bertz CT molecular complexity index is 262. The number of rotatable bonds is 3. The van der Waals surface area contributed by atoms with E-state index in [-0.39, 0.29) is 11.3 Å². The Morgan fingerprint density at radius 1 is 1.53 bits per heavy atom. The lowest BCUT2D eigenvalue weighted by Crippen LogP contribution is -2.43. The summed E-state index contributed by atoms with van der Waals surface area (Å²) in [4.78, 5) is 12.9. The zero-order valence-electron chi connectivity index (χ0n) is 9.20. The molecule has 0 aromatic carbocycles. The van der Waals surface area contributed by atoms with Crippen LogP contribution in [0.4, 0.5) is 0 Å². The highest BCUT2D eigenvalue weighted by Crippen LogP contribution is 2.35. The van der Waals surface area contributed by atoms with Crippen molar-refractivity contribution in [3.05, 3.63) is 0 Å². The van der Waals surface area contributed by atoms with Gasteiger partial charge >= 0.3 is 0 Å². The van der Waals surface area contributed by atoms with Gasteiger partial charge in [0.25, 0.3) is 0 Å². The van der Waals surface area contributed by atoms with E-state index in [0.717, 1.165) is 19.3 Å². The van der Waals surface area contributed by atoms with Gasteiger partial charge in [-0.3, -0.25) is 4.79 Å². The number of piperidine rings is 1. The molecule has 84 valence electrons. The van der Waals surface area contributed by atoms with Gasteiger partial charge in [-0.15, -0.1) is 0 Å². The van der Waals surface area contributed by atoms with E-state index in [4.69, 9.17) is 10.4 Å². The Balaban J connectivity index is 2.41. The Labute approximate surface area is 90.5 Å². The molecule has 1 aliphatic rings. The third kappa shape index (κ3) is 3.21. The molecule has 0 bridgehead atoms. The fraction of sp³-hybridized carbons (Fsp3) is 0.818. The number of likely N-dealkylation sites (tertiary alicyclic amines) is 1. The molecule has 0 unspecified atom stereocenters. The second kappa shape index (κ2) is 5.13. The maximum absolute atomic E-state index is 11.2. The molecule has 0 radical (unpaired) electrons. The summed E-state index contributed by atoms with van der Waals surface area (Å²) in [5, 5.41) is 17.3. The van der Waals surface area contributed by atoms with Gasteiger partial charge in [-0.2, -0.15) is 5.26 Å². The van der Waals surface area contributed by atoms with Crippen molar-refractivity contribution in [1.82, 2.24) is 4.90 Å². The van der Waals surface area contributed by atoms with Gasteiger partial charge in [0.2, 0.25) is 5.91 Å². The third-order valence-electron chi connectivity index (χ3n) is 3.30. The van der Waals surface area contributed by atoms with E-state index in [0.29, 0.717) is 19.5 Å². The molecule has 0 aromatic rings. The van der Waals surface area contributed by atoms with E-state index in [9.17, 15) is 4.79 Å². The lowest BCUT2D eigenvalue weighted by atomic mass is 9.77. The third-order valence-corrected chi connectivity index (χ3v) is 3.30. The van der Waals surface area contributed by atoms with Crippen molar-refractivity contribution in [2.75, 3.05) is 19.7 Å². The first-order valence-corrected chi connectivity index (χ1v) is 5.37. The molecular weight excluding hydrogens is 192 g/mol. The first-order chi connectivity index (χ1) is 7.11. The Kier molecular flexibility index (Phi) is 4.10. The summed E-state index contributed by atoms with van der Waals surface area (Å²) in [6.07, 6.45) is 3.36. The number of carbonyl (C=O) groups excluding carboxylic acids is 1. The van der Waals surface area contributed by atoms with Crippen molar-refractivity contribution < 1.29 is 9.90 Å². The summed E-state index contributed by atoms with van der Waals surface area (Å²) in [5.41, 5.74) is 0.196. The van der Waals surface area contributed by atoms with Gasteiger partial charge in [0.05, 0.1) is 6.07 Å². The van der Waals surface area contributed by atoms with Crippen LogP contribution >= 0.6 is 0 Å². The normalized spacial score (nSPS) is 19.7. The number of nitriles is 1. The predicted molar refractivity (Wildman–Crippen MR) is 55.9 cm³/mol. The second-order valence-corrected chi connectivity index (χ2v) is 4.51. The van der Waals surface area contributed by atoms with Gasteiger partial charge in [-0.05, 0) is 24.7 Å². The average molecular weight is 210 g/mol. The van der Waals surface area contributed by atoms with Crippen LogP contribution < -0.4 is 0 Å². The number of hydrogen-bond donors (Lipinski definition) is 1. The van der Waals surface area contributed by atoms with Crippen LogP contribution in [0.1, 0.15) is 32.6 Å². The lowest BCUT2D eigenvalue weighted by molar-refractivity contribution is -0.136. The van der Waals surface area contributed by atoms with Crippen molar-refractivity contribution in [3.63, 3.8) is 0 Å². The molecule has 4 heteroatoms. The Morgan fingerprint density at radius 2 is 2.13 bits per heavy atom. The minimum atomic E-state index is -0.394. The van der Waals surface area contributed by atoms with Crippen LogP contribution in [0.3, 0.4) is 0 Å². The standard InChI is InChI=1S/C11H18N2O2/c1-11(3-2-6-12)4-7-13(8-5-11)10(15)9-14/h14H,2-5,7-9H2,1H3. The molecule has 1 fully saturated rings. The number of aliphatic hydroxyl groups is 1. The van der Waals surface area contributed by atoms with Crippen molar-refractivity contribution in [2.45, 2.75) is 32.6 Å². The van der Waals surface area contributed by atoms with Crippen LogP contribution in [0.15, 0.2) is 0 Å². The van der Waals surface area contributed by atoms with E-state index < -0.39 is 6.61 Å². The maximum atomic E-state index is 11.2.